The van der Waals surface area contributed by atoms with Gasteiger partial charge in [0.25, 0.3) is 0 Å². The van der Waals surface area contributed by atoms with Gasteiger partial charge < -0.3 is 19.1 Å². The summed E-state index contributed by atoms with van der Waals surface area (Å²) in [7, 11) is 1.59. The summed E-state index contributed by atoms with van der Waals surface area (Å²) in [6.45, 7) is 5.95. The van der Waals surface area contributed by atoms with Crippen LogP contribution in [0.1, 0.15) is 43.9 Å². The molecular formula is C26H30N2O6. The van der Waals surface area contributed by atoms with E-state index in [4.69, 9.17) is 14.2 Å². The van der Waals surface area contributed by atoms with Crippen molar-refractivity contribution in [2.24, 2.45) is 5.92 Å². The van der Waals surface area contributed by atoms with Crippen LogP contribution in [-0.2, 0) is 14.3 Å². The van der Waals surface area contributed by atoms with Crippen molar-refractivity contribution < 1.29 is 28.6 Å². The molecule has 4 rings (SSSR count). The maximum atomic E-state index is 13.8. The zero-order chi connectivity index (χ0) is 24.5. The second-order valence-corrected chi connectivity index (χ2v) is 9.58. The minimum atomic E-state index is -0.664. The molecule has 180 valence electrons. The molecule has 34 heavy (non-hydrogen) atoms. The van der Waals surface area contributed by atoms with Gasteiger partial charge in [-0.25, -0.2) is 14.5 Å². The fraction of sp³-hybridized carbons (Fsp3) is 0.423. The molecular weight excluding hydrogens is 436 g/mol. The molecule has 8 heteroatoms. The molecule has 2 heterocycles. The van der Waals surface area contributed by atoms with Crippen molar-refractivity contribution in [3.05, 3.63) is 65.7 Å². The van der Waals surface area contributed by atoms with E-state index in [1.165, 1.54) is 4.90 Å². The third-order valence-electron chi connectivity index (χ3n) is 6.13. The Morgan fingerprint density at radius 3 is 2.26 bits per heavy atom. The summed E-state index contributed by atoms with van der Waals surface area (Å²) in [6, 6.07) is 16.3. The predicted octanol–water partition coefficient (Wildman–Crippen LogP) is 4.37. The summed E-state index contributed by atoms with van der Waals surface area (Å²) in [6.07, 6.45) is -1.15. The van der Waals surface area contributed by atoms with Gasteiger partial charge in [-0.15, -0.1) is 0 Å². The molecule has 2 unspecified atom stereocenters. The minimum absolute atomic E-state index is 0.101. The summed E-state index contributed by atoms with van der Waals surface area (Å²) in [5.41, 5.74) is 1.05. The first-order valence-electron chi connectivity index (χ1n) is 11.3. The Kier molecular flexibility index (Phi) is 6.50. The number of imide groups is 1. The third-order valence-corrected chi connectivity index (χ3v) is 6.13. The van der Waals surface area contributed by atoms with Crippen LogP contribution < -0.4 is 4.74 Å². The number of benzene rings is 2. The number of methoxy groups -OCH3 is 1. The molecule has 0 spiro atoms. The van der Waals surface area contributed by atoms with Crippen molar-refractivity contribution in [3.8, 4) is 5.75 Å². The summed E-state index contributed by atoms with van der Waals surface area (Å²) >= 11 is 0. The highest BCUT2D eigenvalue weighted by molar-refractivity contribution is 5.96. The zero-order valence-electron chi connectivity index (χ0n) is 19.9. The first-order valence-corrected chi connectivity index (χ1v) is 11.3. The average Bonchev–Trinajstić information content (AvgIpc) is 3.43. The van der Waals surface area contributed by atoms with E-state index in [1.54, 1.807) is 32.8 Å². The summed E-state index contributed by atoms with van der Waals surface area (Å²) in [5, 5.41) is 0. The van der Waals surface area contributed by atoms with E-state index in [-0.39, 0.29) is 25.0 Å². The van der Waals surface area contributed by atoms with E-state index < -0.39 is 29.7 Å². The van der Waals surface area contributed by atoms with Crippen molar-refractivity contribution in [1.82, 2.24) is 9.80 Å². The Morgan fingerprint density at radius 1 is 0.971 bits per heavy atom. The lowest BCUT2D eigenvalue weighted by atomic mass is 9.87. The van der Waals surface area contributed by atoms with Crippen LogP contribution in [0.15, 0.2) is 54.6 Å². The molecule has 2 fully saturated rings. The van der Waals surface area contributed by atoms with E-state index in [1.807, 2.05) is 54.6 Å². The number of carbonyl (C=O) groups excluding carboxylic acids is 3. The van der Waals surface area contributed by atoms with Crippen molar-refractivity contribution in [1.29, 1.82) is 0 Å². The maximum Gasteiger partial charge on any atom is 0.417 e. The smallest absolute Gasteiger partial charge is 0.417 e. The van der Waals surface area contributed by atoms with Gasteiger partial charge >= 0.3 is 12.2 Å². The Balaban J connectivity index is 1.64. The van der Waals surface area contributed by atoms with Gasteiger partial charge in [0.1, 0.15) is 24.0 Å². The summed E-state index contributed by atoms with van der Waals surface area (Å²) < 4.78 is 16.1. The number of likely N-dealkylation sites (tertiary alicyclic amines) is 1. The molecule has 0 aromatic heterocycles. The highest BCUT2D eigenvalue weighted by Crippen LogP contribution is 2.38. The molecule has 0 saturated carbocycles. The fourth-order valence-corrected chi connectivity index (χ4v) is 4.48. The van der Waals surface area contributed by atoms with Crippen LogP contribution in [0.5, 0.6) is 5.75 Å². The number of hydrogen-bond acceptors (Lipinski definition) is 6. The summed E-state index contributed by atoms with van der Waals surface area (Å²) in [4.78, 5) is 42.1. The molecule has 0 radical (unpaired) electrons. The topological polar surface area (TPSA) is 85.4 Å². The van der Waals surface area contributed by atoms with Crippen LogP contribution in [0.2, 0.25) is 0 Å². The van der Waals surface area contributed by atoms with Crippen molar-refractivity contribution in [3.63, 3.8) is 0 Å². The first-order chi connectivity index (χ1) is 16.2. The number of cyclic esters (lactones) is 1. The van der Waals surface area contributed by atoms with Crippen molar-refractivity contribution in [2.75, 3.05) is 26.8 Å². The number of carbonyl (C=O) groups is 3. The van der Waals surface area contributed by atoms with Gasteiger partial charge in [0, 0.05) is 19.0 Å². The molecule has 0 bridgehead atoms. The maximum absolute atomic E-state index is 13.8. The molecule has 2 aliphatic rings. The monoisotopic (exact) mass is 466 g/mol. The van der Waals surface area contributed by atoms with E-state index >= 15 is 0 Å². The van der Waals surface area contributed by atoms with Crippen LogP contribution >= 0.6 is 0 Å². The fourth-order valence-electron chi connectivity index (χ4n) is 4.48. The van der Waals surface area contributed by atoms with E-state index in [2.05, 4.69) is 0 Å². The van der Waals surface area contributed by atoms with Gasteiger partial charge in [0.05, 0.1) is 13.0 Å². The lowest BCUT2D eigenvalue weighted by Gasteiger charge is -2.26. The largest absolute Gasteiger partial charge is 0.497 e. The highest BCUT2D eigenvalue weighted by atomic mass is 16.6. The molecule has 0 N–H and O–H groups in total. The quantitative estimate of drug-likeness (QED) is 0.665. The molecule has 2 saturated heterocycles. The lowest BCUT2D eigenvalue weighted by molar-refractivity contribution is -0.133. The zero-order valence-corrected chi connectivity index (χ0v) is 19.9. The van der Waals surface area contributed by atoms with Crippen LogP contribution in [0.25, 0.3) is 0 Å². The lowest BCUT2D eigenvalue weighted by Crippen LogP contribution is -2.41. The Bertz CT molecular complexity index is 1050. The van der Waals surface area contributed by atoms with Gasteiger partial charge in [0.15, 0.2) is 0 Å². The number of nitrogens with zero attached hydrogens (tertiary/aromatic N) is 2. The number of ether oxygens (including phenoxy) is 3. The van der Waals surface area contributed by atoms with Crippen LogP contribution in [0.4, 0.5) is 9.59 Å². The van der Waals surface area contributed by atoms with E-state index in [0.717, 1.165) is 11.1 Å². The molecule has 3 atom stereocenters. The van der Waals surface area contributed by atoms with Crippen molar-refractivity contribution >= 4 is 18.1 Å². The van der Waals surface area contributed by atoms with Gasteiger partial charge in [-0.3, -0.25) is 4.79 Å². The van der Waals surface area contributed by atoms with Gasteiger partial charge in [-0.2, -0.15) is 0 Å². The van der Waals surface area contributed by atoms with Crippen LogP contribution in [0.3, 0.4) is 0 Å². The van der Waals surface area contributed by atoms with Gasteiger partial charge in [-0.1, -0.05) is 42.5 Å². The SMILES string of the molecule is COc1ccc(C2CN(C(=O)OC(C)(C)C)CC2C(=O)N2C(=O)OC[C@H]2c2ccccc2)cc1. The third kappa shape index (κ3) is 4.85. The second-order valence-electron chi connectivity index (χ2n) is 9.58. The average molecular weight is 467 g/mol. The molecule has 8 nitrogen and oxygen atoms in total. The highest BCUT2D eigenvalue weighted by Gasteiger charge is 2.48. The van der Waals surface area contributed by atoms with Crippen LogP contribution in [-0.4, -0.2) is 60.3 Å². The Labute approximate surface area is 199 Å². The standard InChI is InChI=1S/C26H30N2O6/c1-26(2,3)34-24(30)27-14-20(17-10-12-19(32-4)13-11-17)21(15-27)23(29)28-22(16-33-25(28)31)18-8-6-5-7-9-18/h5-13,20-22H,14-16H2,1-4H3/t20?,21?,22-/m0/s1. The first kappa shape index (κ1) is 23.6. The molecule has 2 aliphatic heterocycles. The predicted molar refractivity (Wildman–Crippen MR) is 124 cm³/mol. The number of hydrogen-bond donors (Lipinski definition) is 0. The summed E-state index contributed by atoms with van der Waals surface area (Å²) in [5.74, 6) is -0.599. The normalized spacial score (nSPS) is 22.5. The molecule has 2 aromatic rings. The molecule has 0 aliphatic carbocycles. The number of amides is 3. The van der Waals surface area contributed by atoms with Crippen molar-refractivity contribution in [2.45, 2.75) is 38.3 Å². The molecule has 3 amide bonds. The minimum Gasteiger partial charge on any atom is -0.497 e. The van der Waals surface area contributed by atoms with E-state index in [9.17, 15) is 14.4 Å². The van der Waals surface area contributed by atoms with Crippen LogP contribution in [0, 0.1) is 5.92 Å². The van der Waals surface area contributed by atoms with Gasteiger partial charge in [-0.05, 0) is 44.0 Å². The van der Waals surface area contributed by atoms with E-state index in [0.29, 0.717) is 12.3 Å². The van der Waals surface area contributed by atoms with Gasteiger partial charge in [0.2, 0.25) is 5.91 Å². The second kappa shape index (κ2) is 9.37. The number of rotatable bonds is 4. The molecule has 2 aromatic carbocycles. The Morgan fingerprint density at radius 2 is 1.65 bits per heavy atom. The Hall–Kier alpha value is -3.55.